The Kier molecular flexibility index (Phi) is 2.95. The van der Waals surface area contributed by atoms with E-state index in [1.54, 1.807) is 17.5 Å². The van der Waals surface area contributed by atoms with Crippen LogP contribution < -0.4 is 0 Å². The molecule has 0 aliphatic carbocycles. The number of hydrogen-bond donors (Lipinski definition) is 0. The van der Waals surface area contributed by atoms with Crippen molar-refractivity contribution in [2.75, 3.05) is 0 Å². The summed E-state index contributed by atoms with van der Waals surface area (Å²) in [5, 5.41) is 1.83. The quantitative estimate of drug-likeness (QED) is 0.672. The van der Waals surface area contributed by atoms with E-state index in [0.717, 1.165) is 6.07 Å². The van der Waals surface area contributed by atoms with E-state index in [4.69, 9.17) is 11.6 Å². The molecule has 1 aromatic carbocycles. The Bertz CT molecular complexity index is 488. The first-order valence-electron chi connectivity index (χ1n) is 4.39. The third-order valence-corrected chi connectivity index (χ3v) is 3.21. The van der Waals surface area contributed by atoms with Gasteiger partial charge in [-0.15, -0.1) is 11.3 Å². The van der Waals surface area contributed by atoms with Crippen molar-refractivity contribution in [2.45, 2.75) is 6.18 Å². The lowest BCUT2D eigenvalue weighted by Gasteiger charge is -2.11. The fourth-order valence-corrected chi connectivity index (χ4v) is 2.34. The first-order chi connectivity index (χ1) is 7.48. The van der Waals surface area contributed by atoms with Crippen LogP contribution in [0.4, 0.5) is 13.2 Å². The van der Waals surface area contributed by atoms with E-state index in [0.29, 0.717) is 4.88 Å². The Morgan fingerprint density at radius 2 is 1.88 bits per heavy atom. The Hall–Kier alpha value is -1.00. The molecule has 16 heavy (non-hydrogen) atoms. The zero-order chi connectivity index (χ0) is 11.8. The van der Waals surface area contributed by atoms with E-state index < -0.39 is 11.7 Å². The van der Waals surface area contributed by atoms with Gasteiger partial charge in [0.2, 0.25) is 0 Å². The number of thiophene rings is 1. The molecule has 0 saturated heterocycles. The number of benzene rings is 1. The summed E-state index contributed by atoms with van der Waals surface area (Å²) in [6.45, 7) is 0. The van der Waals surface area contributed by atoms with Crippen molar-refractivity contribution in [3.8, 4) is 10.4 Å². The van der Waals surface area contributed by atoms with E-state index in [9.17, 15) is 13.2 Å². The summed E-state index contributed by atoms with van der Waals surface area (Å²) in [5.74, 6) is 0. The number of alkyl halides is 3. The molecule has 0 saturated carbocycles. The SMILES string of the molecule is FC(F)(F)c1cc(Cl)ccc1-c1cccs1. The minimum Gasteiger partial charge on any atom is -0.166 e. The zero-order valence-electron chi connectivity index (χ0n) is 7.88. The maximum absolute atomic E-state index is 12.8. The summed E-state index contributed by atoms with van der Waals surface area (Å²) in [7, 11) is 0. The first kappa shape index (κ1) is 11.5. The highest BCUT2D eigenvalue weighted by Gasteiger charge is 2.34. The van der Waals surface area contributed by atoms with Gasteiger partial charge in [-0.1, -0.05) is 23.7 Å². The molecule has 0 bridgehead atoms. The van der Waals surface area contributed by atoms with Crippen LogP contribution in [-0.2, 0) is 6.18 Å². The molecular formula is C11H6ClF3S. The van der Waals surface area contributed by atoms with Gasteiger partial charge in [0.05, 0.1) is 5.56 Å². The van der Waals surface area contributed by atoms with Gasteiger partial charge in [-0.2, -0.15) is 13.2 Å². The lowest BCUT2D eigenvalue weighted by atomic mass is 10.1. The van der Waals surface area contributed by atoms with Gasteiger partial charge in [0.25, 0.3) is 0 Å². The van der Waals surface area contributed by atoms with Gasteiger partial charge in [0, 0.05) is 15.5 Å². The third-order valence-electron chi connectivity index (χ3n) is 2.07. The standard InChI is InChI=1S/C11H6ClF3S/c12-7-3-4-8(10-2-1-5-16-10)9(6-7)11(13,14)15/h1-6H. The van der Waals surface area contributed by atoms with Gasteiger partial charge < -0.3 is 0 Å². The normalized spacial score (nSPS) is 11.8. The zero-order valence-corrected chi connectivity index (χ0v) is 9.46. The number of halogens is 4. The minimum atomic E-state index is -4.38. The van der Waals surface area contributed by atoms with Crippen LogP contribution in [0, 0.1) is 0 Å². The van der Waals surface area contributed by atoms with Gasteiger partial charge >= 0.3 is 6.18 Å². The van der Waals surface area contributed by atoms with Crippen LogP contribution >= 0.6 is 22.9 Å². The predicted octanol–water partition coefficient (Wildman–Crippen LogP) is 5.09. The van der Waals surface area contributed by atoms with Crippen molar-refractivity contribution >= 4 is 22.9 Å². The van der Waals surface area contributed by atoms with Crippen LogP contribution in [0.1, 0.15) is 5.56 Å². The molecule has 0 nitrogen and oxygen atoms in total. The summed E-state index contributed by atoms with van der Waals surface area (Å²) < 4.78 is 38.3. The lowest BCUT2D eigenvalue weighted by molar-refractivity contribution is -0.137. The molecule has 0 unspecified atom stereocenters. The molecule has 0 atom stereocenters. The van der Waals surface area contributed by atoms with Crippen molar-refractivity contribution in [3.63, 3.8) is 0 Å². The molecule has 2 rings (SSSR count). The Labute approximate surface area is 99.3 Å². The first-order valence-corrected chi connectivity index (χ1v) is 5.65. The minimum absolute atomic E-state index is 0.0904. The van der Waals surface area contributed by atoms with Crippen molar-refractivity contribution in [2.24, 2.45) is 0 Å². The van der Waals surface area contributed by atoms with Crippen LogP contribution in [0.15, 0.2) is 35.7 Å². The van der Waals surface area contributed by atoms with E-state index in [-0.39, 0.29) is 10.6 Å². The van der Waals surface area contributed by atoms with E-state index >= 15 is 0 Å². The number of rotatable bonds is 1. The largest absolute Gasteiger partial charge is 0.417 e. The summed E-state index contributed by atoms with van der Waals surface area (Å²) >= 11 is 6.86. The van der Waals surface area contributed by atoms with Crippen LogP contribution in [0.3, 0.4) is 0 Å². The molecule has 5 heteroatoms. The van der Waals surface area contributed by atoms with Gasteiger partial charge in [-0.25, -0.2) is 0 Å². The van der Waals surface area contributed by atoms with Crippen LogP contribution in [-0.4, -0.2) is 0 Å². The molecular weight excluding hydrogens is 257 g/mol. The second kappa shape index (κ2) is 4.11. The van der Waals surface area contributed by atoms with Crippen LogP contribution in [0.2, 0.25) is 5.02 Å². The third kappa shape index (κ3) is 2.23. The van der Waals surface area contributed by atoms with Gasteiger partial charge in [-0.05, 0) is 23.6 Å². The lowest BCUT2D eigenvalue weighted by Crippen LogP contribution is -2.06. The smallest absolute Gasteiger partial charge is 0.166 e. The molecule has 1 aromatic heterocycles. The summed E-state index contributed by atoms with van der Waals surface area (Å²) in [4.78, 5) is 0.587. The van der Waals surface area contributed by atoms with Crippen molar-refractivity contribution in [1.29, 1.82) is 0 Å². The summed E-state index contributed by atoms with van der Waals surface area (Å²) in [5.41, 5.74) is -0.519. The van der Waals surface area contributed by atoms with E-state index in [1.165, 1.54) is 23.5 Å². The fourth-order valence-electron chi connectivity index (χ4n) is 1.40. The highest BCUT2D eigenvalue weighted by Crippen LogP contribution is 2.39. The maximum Gasteiger partial charge on any atom is 0.417 e. The Morgan fingerprint density at radius 1 is 1.12 bits per heavy atom. The molecule has 0 amide bonds. The Morgan fingerprint density at radius 3 is 2.44 bits per heavy atom. The van der Waals surface area contributed by atoms with Crippen molar-refractivity contribution in [3.05, 3.63) is 46.3 Å². The molecule has 0 N–H and O–H groups in total. The Balaban J connectivity index is 2.62. The monoisotopic (exact) mass is 262 g/mol. The van der Waals surface area contributed by atoms with Crippen LogP contribution in [0.25, 0.3) is 10.4 Å². The topological polar surface area (TPSA) is 0 Å². The van der Waals surface area contributed by atoms with E-state index in [1.807, 2.05) is 0 Å². The van der Waals surface area contributed by atoms with Crippen LogP contribution in [0.5, 0.6) is 0 Å². The second-order valence-corrected chi connectivity index (χ2v) is 4.55. The predicted molar refractivity (Wildman–Crippen MR) is 59.8 cm³/mol. The molecule has 0 aliphatic rings. The summed E-state index contributed by atoms with van der Waals surface area (Å²) in [6, 6.07) is 7.19. The maximum atomic E-state index is 12.8. The van der Waals surface area contributed by atoms with E-state index in [2.05, 4.69) is 0 Å². The van der Waals surface area contributed by atoms with Crippen molar-refractivity contribution in [1.82, 2.24) is 0 Å². The highest BCUT2D eigenvalue weighted by atomic mass is 35.5. The van der Waals surface area contributed by atoms with Crippen molar-refractivity contribution < 1.29 is 13.2 Å². The molecule has 84 valence electrons. The molecule has 0 fully saturated rings. The molecule has 1 heterocycles. The molecule has 2 aromatic rings. The molecule has 0 aliphatic heterocycles. The average molecular weight is 263 g/mol. The number of hydrogen-bond acceptors (Lipinski definition) is 1. The highest BCUT2D eigenvalue weighted by molar-refractivity contribution is 7.13. The van der Waals surface area contributed by atoms with Gasteiger partial charge in [0.1, 0.15) is 0 Å². The molecule has 0 spiro atoms. The average Bonchev–Trinajstić information content (AvgIpc) is 2.69. The molecule has 0 radical (unpaired) electrons. The summed E-state index contributed by atoms with van der Waals surface area (Å²) in [6.07, 6.45) is -4.38. The van der Waals surface area contributed by atoms with Gasteiger partial charge in [0.15, 0.2) is 0 Å². The second-order valence-electron chi connectivity index (χ2n) is 3.16. The fraction of sp³-hybridized carbons (Fsp3) is 0.0909. The van der Waals surface area contributed by atoms with Gasteiger partial charge in [-0.3, -0.25) is 0 Å².